The minimum absolute atomic E-state index is 0.860. The lowest BCUT2D eigenvalue weighted by atomic mass is 12.9. The highest BCUT2D eigenvalue weighted by molar-refractivity contribution is 7.46. The van der Waals surface area contributed by atoms with Crippen LogP contribution in [0.15, 0.2) is 0 Å². The SMILES string of the molecule is N=[N+](OP(=O)(O)O)OP(=O)(O)O. The summed E-state index contributed by atoms with van der Waals surface area (Å²) in [6.45, 7) is 0. The van der Waals surface area contributed by atoms with Crippen LogP contribution < -0.4 is 0 Å². The first-order valence-corrected chi connectivity index (χ1v) is 5.18. The molecule has 0 aliphatic carbocycles. The predicted molar refractivity (Wildman–Crippen MR) is 29.2 cm³/mol. The van der Waals surface area contributed by atoms with E-state index in [0.29, 0.717) is 0 Å². The summed E-state index contributed by atoms with van der Waals surface area (Å²) in [7, 11) is -10.1. The van der Waals surface area contributed by atoms with Gasteiger partial charge < -0.3 is 0 Å². The Kier molecular flexibility index (Phi) is 3.34. The van der Waals surface area contributed by atoms with Crippen molar-refractivity contribution >= 4 is 15.6 Å². The maximum Gasteiger partial charge on any atom is 0.590 e. The van der Waals surface area contributed by atoms with Gasteiger partial charge in [0.25, 0.3) is 0 Å². The van der Waals surface area contributed by atoms with Crippen molar-refractivity contribution in [2.45, 2.75) is 0 Å². The van der Waals surface area contributed by atoms with Crippen molar-refractivity contribution < 1.29 is 43.0 Å². The molecule has 0 heterocycles. The van der Waals surface area contributed by atoms with Crippen LogP contribution in [0.5, 0.6) is 0 Å². The number of nitrogens with zero attached hydrogens (tertiary/aromatic N) is 1. The number of nitrogens with one attached hydrogen (secondary N) is 1. The smallest absolute Gasteiger partial charge is 0.289 e. The van der Waals surface area contributed by atoms with Gasteiger partial charge in [0, 0.05) is 5.53 Å². The van der Waals surface area contributed by atoms with E-state index in [4.69, 9.17) is 25.1 Å². The van der Waals surface area contributed by atoms with Gasteiger partial charge in [-0.15, -0.1) is 0 Å². The van der Waals surface area contributed by atoms with Crippen LogP contribution in [0.4, 0.5) is 0 Å². The maximum atomic E-state index is 9.91. The Hall–Kier alpha value is -0.500. The molecular formula is H5N2O8P2+. The molecule has 0 aromatic rings. The van der Waals surface area contributed by atoms with Crippen molar-refractivity contribution in [3.63, 3.8) is 0 Å². The predicted octanol–water partition coefficient (Wildman–Crippen LogP) is -0.922. The van der Waals surface area contributed by atoms with Gasteiger partial charge in [0.05, 0.1) is 0 Å². The van der Waals surface area contributed by atoms with E-state index in [1.54, 1.807) is 0 Å². The highest BCUT2D eigenvalue weighted by Crippen LogP contribution is 2.41. The number of hydrogen-bond acceptors (Lipinski definition) is 5. The highest BCUT2D eigenvalue weighted by atomic mass is 31.2. The zero-order chi connectivity index (χ0) is 9.99. The minimum Gasteiger partial charge on any atom is -0.289 e. The molecule has 0 aliphatic rings. The van der Waals surface area contributed by atoms with E-state index < -0.39 is 20.7 Å². The van der Waals surface area contributed by atoms with Gasteiger partial charge in [-0.3, -0.25) is 19.6 Å². The van der Waals surface area contributed by atoms with Crippen LogP contribution in [0.3, 0.4) is 0 Å². The average Bonchev–Trinajstić information content (AvgIpc) is 1.49. The summed E-state index contributed by atoms with van der Waals surface area (Å²) in [6, 6.07) is 0. The molecule has 0 fully saturated rings. The lowest BCUT2D eigenvalue weighted by molar-refractivity contribution is -0.972. The fourth-order valence-corrected chi connectivity index (χ4v) is 0.714. The van der Waals surface area contributed by atoms with Crippen LogP contribution in [-0.4, -0.2) is 24.6 Å². The van der Waals surface area contributed by atoms with Crippen LogP contribution in [0.1, 0.15) is 0 Å². The first-order valence-electron chi connectivity index (χ1n) is 2.12. The van der Waals surface area contributed by atoms with Crippen LogP contribution in [0.2, 0.25) is 0 Å². The highest BCUT2D eigenvalue weighted by Gasteiger charge is 2.34. The summed E-state index contributed by atoms with van der Waals surface area (Å²) >= 11 is 0. The van der Waals surface area contributed by atoms with E-state index >= 15 is 0 Å². The Bertz CT molecular complexity index is 230. The van der Waals surface area contributed by atoms with Crippen LogP contribution in [0, 0.1) is 5.53 Å². The minimum atomic E-state index is -5.04. The third kappa shape index (κ3) is 7.61. The summed E-state index contributed by atoms with van der Waals surface area (Å²) in [5.41, 5.74) is 6.29. The number of rotatable bonds is 4. The molecule has 12 heteroatoms. The molecule has 0 aromatic carbocycles. The average molecular weight is 223 g/mol. The molecule has 0 amide bonds. The Balaban J connectivity index is 4.10. The zero-order valence-electron chi connectivity index (χ0n) is 5.26. The van der Waals surface area contributed by atoms with Gasteiger partial charge in [-0.25, -0.2) is 9.13 Å². The lowest BCUT2D eigenvalue weighted by Gasteiger charge is -1.97. The molecule has 0 saturated carbocycles. The normalized spacial score (nSPS) is 12.3. The van der Waals surface area contributed by atoms with E-state index in [1.807, 2.05) is 0 Å². The quantitative estimate of drug-likeness (QED) is 0.232. The lowest BCUT2D eigenvalue weighted by Crippen LogP contribution is -2.06. The second-order valence-electron chi connectivity index (χ2n) is 1.40. The molecule has 0 radical (unpaired) electrons. The second kappa shape index (κ2) is 3.48. The second-order valence-corrected chi connectivity index (χ2v) is 3.69. The Morgan fingerprint density at radius 1 is 1.00 bits per heavy atom. The van der Waals surface area contributed by atoms with Gasteiger partial charge in [-0.2, -0.15) is 0 Å². The van der Waals surface area contributed by atoms with Gasteiger partial charge in [-0.05, 0) is 0 Å². The third-order valence-corrected chi connectivity index (χ3v) is 1.08. The molecule has 0 atom stereocenters. The fourth-order valence-electron chi connectivity index (χ4n) is 0.208. The molecule has 0 rings (SSSR count). The summed E-state index contributed by atoms with van der Waals surface area (Å²) < 4.78 is 26.3. The molecule has 0 saturated heterocycles. The van der Waals surface area contributed by atoms with E-state index in [1.165, 1.54) is 0 Å². The largest absolute Gasteiger partial charge is 0.590 e. The molecule has 0 aromatic heterocycles. The van der Waals surface area contributed by atoms with Crippen molar-refractivity contribution in [1.29, 1.82) is 5.53 Å². The molecule has 10 nitrogen and oxygen atoms in total. The summed E-state index contributed by atoms with van der Waals surface area (Å²) in [5.74, 6) is 0. The number of phosphoric acid groups is 2. The molecule has 0 bridgehead atoms. The van der Waals surface area contributed by atoms with E-state index in [2.05, 4.69) is 9.25 Å². The van der Waals surface area contributed by atoms with E-state index in [-0.39, 0.29) is 0 Å². The topological polar surface area (TPSA) is 160 Å². The van der Waals surface area contributed by atoms with Gasteiger partial charge in [-0.1, -0.05) is 9.25 Å². The van der Waals surface area contributed by atoms with Gasteiger partial charge in [0.1, 0.15) is 0 Å². The number of hydrogen-bond donors (Lipinski definition) is 5. The maximum absolute atomic E-state index is 9.91. The van der Waals surface area contributed by atoms with Gasteiger partial charge >= 0.3 is 20.7 Å². The third-order valence-electron chi connectivity index (χ3n) is 0.361. The standard InChI is InChI=1S/H4N2O8P2/c1-2(9-11(3,4)5)10-12(6,7)8/h1H,(H3-,3,4,5,6,7,8)/p+1. The Morgan fingerprint density at radius 3 is 1.42 bits per heavy atom. The van der Waals surface area contributed by atoms with Crippen molar-refractivity contribution in [2.75, 3.05) is 0 Å². The molecule has 12 heavy (non-hydrogen) atoms. The van der Waals surface area contributed by atoms with Crippen LogP contribution in [-0.2, 0) is 18.4 Å². The van der Waals surface area contributed by atoms with Crippen LogP contribution >= 0.6 is 15.6 Å². The molecule has 72 valence electrons. The van der Waals surface area contributed by atoms with Crippen molar-refractivity contribution in [1.82, 2.24) is 0 Å². The van der Waals surface area contributed by atoms with Crippen molar-refractivity contribution in [3.05, 3.63) is 0 Å². The first-order chi connectivity index (χ1) is 5.10. The molecular weight excluding hydrogens is 218 g/mol. The van der Waals surface area contributed by atoms with Gasteiger partial charge in [0.2, 0.25) is 0 Å². The summed E-state index contributed by atoms with van der Waals surface area (Å²) in [5, 5.41) is -0.860. The Labute approximate surface area is 65.2 Å². The van der Waals surface area contributed by atoms with Crippen molar-refractivity contribution in [2.24, 2.45) is 0 Å². The van der Waals surface area contributed by atoms with E-state index in [0.717, 1.165) is 0 Å². The summed E-state index contributed by atoms with van der Waals surface area (Å²) in [6.07, 6.45) is 0. The first kappa shape index (κ1) is 11.5. The molecule has 0 unspecified atom stereocenters. The molecule has 5 N–H and O–H groups in total. The monoisotopic (exact) mass is 223 g/mol. The van der Waals surface area contributed by atoms with E-state index in [9.17, 15) is 9.13 Å². The fraction of sp³-hybridized carbons (Fsp3) is 0. The van der Waals surface area contributed by atoms with Gasteiger partial charge in [0.15, 0.2) is 0 Å². The Morgan fingerprint density at radius 2 is 1.25 bits per heavy atom. The van der Waals surface area contributed by atoms with Crippen LogP contribution in [0.25, 0.3) is 0 Å². The molecule has 0 aliphatic heterocycles. The molecule has 0 spiro atoms. The zero-order valence-corrected chi connectivity index (χ0v) is 7.05. The van der Waals surface area contributed by atoms with Crippen molar-refractivity contribution in [3.8, 4) is 0 Å². The summed E-state index contributed by atoms with van der Waals surface area (Å²) in [4.78, 5) is 31.9.